The number of nitrogens with one attached hydrogen (secondary N) is 2. The number of nitrogens with zero attached hydrogens (tertiary/aromatic N) is 2. The van der Waals surface area contributed by atoms with Crippen LogP contribution in [0.3, 0.4) is 0 Å². The second kappa shape index (κ2) is 6.42. The maximum Gasteiger partial charge on any atom is 0.224 e. The van der Waals surface area contributed by atoms with Gasteiger partial charge in [0.25, 0.3) is 0 Å². The van der Waals surface area contributed by atoms with Crippen LogP contribution < -0.4 is 10.6 Å². The molecule has 0 aromatic carbocycles. The molecular formula is C13H24N4. The lowest BCUT2D eigenvalue weighted by atomic mass is 9.90. The number of hydrogen-bond donors (Lipinski definition) is 2. The summed E-state index contributed by atoms with van der Waals surface area (Å²) in [4.78, 5) is 8.59. The number of hydrogen-bond acceptors (Lipinski definition) is 4. The zero-order valence-corrected chi connectivity index (χ0v) is 11.4. The Labute approximate surface area is 104 Å². The lowest BCUT2D eigenvalue weighted by Crippen LogP contribution is -2.22. The molecule has 96 valence electrons. The molecule has 0 aliphatic rings. The molecule has 0 unspecified atom stereocenters. The lowest BCUT2D eigenvalue weighted by molar-refractivity contribution is 0.376. The van der Waals surface area contributed by atoms with Gasteiger partial charge in [0.15, 0.2) is 0 Å². The van der Waals surface area contributed by atoms with Gasteiger partial charge in [-0.3, -0.25) is 0 Å². The lowest BCUT2D eigenvalue weighted by Gasteiger charge is -2.23. The van der Waals surface area contributed by atoms with Crippen molar-refractivity contribution in [3.8, 4) is 0 Å². The second-order valence-electron chi connectivity index (χ2n) is 5.06. The summed E-state index contributed by atoms with van der Waals surface area (Å²) >= 11 is 0. The first kappa shape index (κ1) is 13.7. The summed E-state index contributed by atoms with van der Waals surface area (Å²) in [6, 6.07) is 1.91. The van der Waals surface area contributed by atoms with E-state index in [2.05, 4.69) is 48.3 Å². The van der Waals surface area contributed by atoms with Gasteiger partial charge in [0, 0.05) is 19.3 Å². The number of anilines is 2. The van der Waals surface area contributed by atoms with Gasteiger partial charge in [-0.05, 0) is 24.3 Å². The van der Waals surface area contributed by atoms with Crippen LogP contribution in [0.25, 0.3) is 0 Å². The van der Waals surface area contributed by atoms with Gasteiger partial charge >= 0.3 is 0 Å². The molecule has 1 aromatic heterocycles. The summed E-state index contributed by atoms with van der Waals surface area (Å²) in [5.41, 5.74) is 0.294. The summed E-state index contributed by atoms with van der Waals surface area (Å²) in [5.74, 6) is 1.59. The van der Waals surface area contributed by atoms with E-state index in [0.29, 0.717) is 11.4 Å². The van der Waals surface area contributed by atoms with Gasteiger partial charge in [-0.2, -0.15) is 4.98 Å². The van der Waals surface area contributed by atoms with Crippen LogP contribution >= 0.6 is 0 Å². The number of rotatable bonds is 7. The largest absolute Gasteiger partial charge is 0.369 e. The summed E-state index contributed by atoms with van der Waals surface area (Å²) < 4.78 is 0. The molecule has 0 saturated carbocycles. The van der Waals surface area contributed by atoms with E-state index in [1.807, 2.05) is 6.07 Å². The van der Waals surface area contributed by atoms with Crippen LogP contribution in [0, 0.1) is 5.41 Å². The highest BCUT2D eigenvalue weighted by Crippen LogP contribution is 2.20. The summed E-state index contributed by atoms with van der Waals surface area (Å²) in [6.07, 6.45) is 4.00. The Hall–Kier alpha value is -1.32. The summed E-state index contributed by atoms with van der Waals surface area (Å²) in [6.45, 7) is 10.7. The van der Waals surface area contributed by atoms with Crippen LogP contribution in [0.1, 0.15) is 40.5 Å². The predicted molar refractivity (Wildman–Crippen MR) is 73.4 cm³/mol. The smallest absolute Gasteiger partial charge is 0.224 e. The highest BCUT2D eigenvalue weighted by molar-refractivity contribution is 5.39. The minimum atomic E-state index is 0.294. The molecule has 0 aliphatic carbocycles. The van der Waals surface area contributed by atoms with Crippen LogP contribution in [0.4, 0.5) is 11.8 Å². The average Bonchev–Trinajstić information content (AvgIpc) is 2.35. The van der Waals surface area contributed by atoms with Crippen LogP contribution in [-0.4, -0.2) is 23.1 Å². The van der Waals surface area contributed by atoms with E-state index < -0.39 is 0 Å². The van der Waals surface area contributed by atoms with Crippen molar-refractivity contribution < 1.29 is 0 Å². The summed E-state index contributed by atoms with van der Waals surface area (Å²) in [5, 5.41) is 6.55. The molecule has 0 saturated heterocycles. The molecule has 17 heavy (non-hydrogen) atoms. The molecule has 0 bridgehead atoms. The Bertz CT molecular complexity index is 336. The van der Waals surface area contributed by atoms with Gasteiger partial charge in [-0.25, -0.2) is 4.98 Å². The monoisotopic (exact) mass is 236 g/mol. The van der Waals surface area contributed by atoms with Crippen LogP contribution in [0.5, 0.6) is 0 Å². The van der Waals surface area contributed by atoms with Crippen LogP contribution in [0.2, 0.25) is 0 Å². The molecular weight excluding hydrogens is 212 g/mol. The highest BCUT2D eigenvalue weighted by Gasteiger charge is 2.14. The van der Waals surface area contributed by atoms with E-state index in [9.17, 15) is 0 Å². The van der Waals surface area contributed by atoms with Crippen molar-refractivity contribution >= 4 is 11.8 Å². The normalized spacial score (nSPS) is 11.3. The zero-order chi connectivity index (χ0) is 12.7. The van der Waals surface area contributed by atoms with Crippen molar-refractivity contribution in [2.75, 3.05) is 23.7 Å². The Morgan fingerprint density at radius 3 is 2.65 bits per heavy atom. The van der Waals surface area contributed by atoms with Crippen molar-refractivity contribution in [1.29, 1.82) is 0 Å². The quantitative estimate of drug-likeness (QED) is 0.763. The third-order valence-electron chi connectivity index (χ3n) is 2.89. The van der Waals surface area contributed by atoms with Crippen molar-refractivity contribution in [3.05, 3.63) is 12.3 Å². The second-order valence-corrected chi connectivity index (χ2v) is 5.06. The van der Waals surface area contributed by atoms with Crippen LogP contribution in [0.15, 0.2) is 12.3 Å². The van der Waals surface area contributed by atoms with Crippen LogP contribution in [-0.2, 0) is 0 Å². The standard InChI is InChI=1S/C13H24N4/c1-5-8-14-12-15-9-7-11(17-12)16-10-13(3,4)6-2/h7,9H,5-6,8,10H2,1-4H3,(H2,14,15,16,17). The number of aromatic nitrogens is 2. The molecule has 0 aliphatic heterocycles. The molecule has 4 heteroatoms. The Balaban J connectivity index is 2.53. The molecule has 1 aromatic rings. The molecule has 0 spiro atoms. The van der Waals surface area contributed by atoms with Crippen molar-refractivity contribution in [3.63, 3.8) is 0 Å². The van der Waals surface area contributed by atoms with E-state index in [-0.39, 0.29) is 0 Å². The third kappa shape index (κ3) is 5.02. The fraction of sp³-hybridized carbons (Fsp3) is 0.692. The van der Waals surface area contributed by atoms with E-state index in [0.717, 1.165) is 31.7 Å². The van der Waals surface area contributed by atoms with Gasteiger partial charge in [0.1, 0.15) is 5.82 Å². The third-order valence-corrected chi connectivity index (χ3v) is 2.89. The Kier molecular flexibility index (Phi) is 5.19. The molecule has 1 rings (SSSR count). The van der Waals surface area contributed by atoms with Gasteiger partial charge in [-0.1, -0.05) is 27.7 Å². The highest BCUT2D eigenvalue weighted by atomic mass is 15.1. The van der Waals surface area contributed by atoms with Gasteiger partial charge in [0.2, 0.25) is 5.95 Å². The molecule has 0 radical (unpaired) electrons. The minimum absolute atomic E-state index is 0.294. The van der Waals surface area contributed by atoms with Crippen molar-refractivity contribution in [2.45, 2.75) is 40.5 Å². The van der Waals surface area contributed by atoms with Gasteiger partial charge in [-0.15, -0.1) is 0 Å². The molecule has 0 atom stereocenters. The van der Waals surface area contributed by atoms with E-state index >= 15 is 0 Å². The van der Waals surface area contributed by atoms with Crippen molar-refractivity contribution in [1.82, 2.24) is 9.97 Å². The Morgan fingerprint density at radius 2 is 2.00 bits per heavy atom. The van der Waals surface area contributed by atoms with Gasteiger partial charge < -0.3 is 10.6 Å². The van der Waals surface area contributed by atoms with Crippen molar-refractivity contribution in [2.24, 2.45) is 5.41 Å². The first-order chi connectivity index (χ1) is 8.07. The molecule has 0 fully saturated rings. The molecule has 2 N–H and O–H groups in total. The SMILES string of the molecule is CCCNc1nccc(NCC(C)(C)CC)n1. The summed E-state index contributed by atoms with van der Waals surface area (Å²) in [7, 11) is 0. The average molecular weight is 236 g/mol. The first-order valence-corrected chi connectivity index (χ1v) is 6.38. The topological polar surface area (TPSA) is 49.8 Å². The van der Waals surface area contributed by atoms with E-state index in [1.165, 1.54) is 0 Å². The first-order valence-electron chi connectivity index (χ1n) is 6.38. The zero-order valence-electron chi connectivity index (χ0n) is 11.4. The molecule has 0 amide bonds. The van der Waals surface area contributed by atoms with E-state index in [1.54, 1.807) is 6.20 Å². The maximum absolute atomic E-state index is 4.41. The fourth-order valence-electron chi connectivity index (χ4n) is 1.23. The Morgan fingerprint density at radius 1 is 1.24 bits per heavy atom. The maximum atomic E-state index is 4.41. The van der Waals surface area contributed by atoms with E-state index in [4.69, 9.17) is 0 Å². The van der Waals surface area contributed by atoms with Gasteiger partial charge in [0.05, 0.1) is 0 Å². The minimum Gasteiger partial charge on any atom is -0.369 e. The predicted octanol–water partition coefficient (Wildman–Crippen LogP) is 3.15. The fourth-order valence-corrected chi connectivity index (χ4v) is 1.23. The molecule has 4 nitrogen and oxygen atoms in total. The molecule has 1 heterocycles.